The maximum absolute atomic E-state index is 5.85. The molecule has 6 nitrogen and oxygen atoms in total. The number of hydrogen-bond acceptors (Lipinski definition) is 5. The summed E-state index contributed by atoms with van der Waals surface area (Å²) in [5.41, 5.74) is 8.77. The summed E-state index contributed by atoms with van der Waals surface area (Å²) in [6.07, 6.45) is 1.85. The fraction of sp³-hybridized carbons (Fsp3) is 0.400. The smallest absolute Gasteiger partial charge is 0.172 e. The number of fused-ring (bicyclic) bond motifs is 3. The number of nitrogen functional groups attached to an aromatic ring is 1. The first kappa shape index (κ1) is 9.26. The Kier molecular flexibility index (Phi) is 1.49. The van der Waals surface area contributed by atoms with Gasteiger partial charge in [-0.2, -0.15) is 10.2 Å². The van der Waals surface area contributed by atoms with Gasteiger partial charge >= 0.3 is 0 Å². The van der Waals surface area contributed by atoms with E-state index in [-0.39, 0.29) is 5.54 Å². The Hall–Kier alpha value is -1.98. The predicted octanol–water partition coefficient (Wildman–Crippen LogP) is 1.95. The maximum Gasteiger partial charge on any atom is 0.172 e. The summed E-state index contributed by atoms with van der Waals surface area (Å²) in [6.45, 7) is 5.91. The highest BCUT2D eigenvalue weighted by molar-refractivity contribution is 5.74. The molecular formula is C10H12N6. The first-order valence-electron chi connectivity index (χ1n) is 5.08. The van der Waals surface area contributed by atoms with Gasteiger partial charge in [-0.15, -0.1) is 5.10 Å². The van der Waals surface area contributed by atoms with E-state index in [2.05, 4.69) is 20.3 Å². The monoisotopic (exact) mass is 216 g/mol. The van der Waals surface area contributed by atoms with Crippen molar-refractivity contribution in [1.29, 1.82) is 0 Å². The van der Waals surface area contributed by atoms with Crippen LogP contribution >= 0.6 is 0 Å². The summed E-state index contributed by atoms with van der Waals surface area (Å²) in [6, 6.07) is 0. The highest BCUT2D eigenvalue weighted by Crippen LogP contribution is 2.44. The van der Waals surface area contributed by atoms with E-state index in [4.69, 9.17) is 5.73 Å². The van der Waals surface area contributed by atoms with Crippen LogP contribution in [0.4, 0.5) is 11.5 Å². The number of nitrogens with zero attached hydrogens (tertiary/aromatic N) is 5. The summed E-state index contributed by atoms with van der Waals surface area (Å²) in [7, 11) is 0. The van der Waals surface area contributed by atoms with Crippen molar-refractivity contribution in [2.24, 2.45) is 10.2 Å². The van der Waals surface area contributed by atoms with Crippen molar-refractivity contribution in [3.63, 3.8) is 0 Å². The minimum atomic E-state index is -0.383. The molecule has 0 saturated heterocycles. The average molecular weight is 216 g/mol. The van der Waals surface area contributed by atoms with Gasteiger partial charge in [-0.25, -0.2) is 9.50 Å². The van der Waals surface area contributed by atoms with Crippen molar-refractivity contribution < 1.29 is 0 Å². The van der Waals surface area contributed by atoms with Crippen LogP contribution in [-0.2, 0) is 5.54 Å². The highest BCUT2D eigenvalue weighted by atomic mass is 15.3. The van der Waals surface area contributed by atoms with Gasteiger partial charge in [0.15, 0.2) is 11.5 Å². The molecule has 1 aliphatic heterocycles. The number of nitrogens with two attached hydrogens (primary N) is 1. The van der Waals surface area contributed by atoms with Gasteiger partial charge in [0.2, 0.25) is 0 Å². The number of rotatable bonds is 0. The lowest BCUT2D eigenvalue weighted by Gasteiger charge is -2.14. The Labute approximate surface area is 92.2 Å². The Morgan fingerprint density at radius 2 is 2.12 bits per heavy atom. The molecule has 3 heterocycles. The van der Waals surface area contributed by atoms with Crippen LogP contribution < -0.4 is 5.73 Å². The Bertz CT molecular complexity index is 622. The SMILES string of the molecule is Cc1cn2nc(N)c3c(c2n1)C(C)(C)N=N3. The zero-order valence-corrected chi connectivity index (χ0v) is 9.39. The standard InChI is InChI=1S/C10H12N6/c1-5-4-16-9(12-5)6-7(8(11)14-16)13-15-10(6,2)3/h4H,1-3H3,(H2,11,14). The van der Waals surface area contributed by atoms with E-state index in [1.807, 2.05) is 27.0 Å². The molecule has 0 amide bonds. The molecule has 0 saturated carbocycles. The molecule has 2 aromatic rings. The van der Waals surface area contributed by atoms with Gasteiger partial charge in [-0.05, 0) is 20.8 Å². The van der Waals surface area contributed by atoms with E-state index < -0.39 is 0 Å². The largest absolute Gasteiger partial charge is 0.380 e. The molecule has 0 radical (unpaired) electrons. The van der Waals surface area contributed by atoms with Gasteiger partial charge in [0.1, 0.15) is 11.2 Å². The summed E-state index contributed by atoms with van der Waals surface area (Å²) in [5, 5.41) is 12.5. The van der Waals surface area contributed by atoms with Gasteiger partial charge in [0, 0.05) is 0 Å². The molecule has 0 aliphatic carbocycles. The number of aryl methyl sites for hydroxylation is 1. The third kappa shape index (κ3) is 1.01. The van der Waals surface area contributed by atoms with Crippen molar-refractivity contribution in [1.82, 2.24) is 14.6 Å². The van der Waals surface area contributed by atoms with Crippen molar-refractivity contribution in [3.05, 3.63) is 17.5 Å². The quantitative estimate of drug-likeness (QED) is 0.730. The molecular weight excluding hydrogens is 204 g/mol. The lowest BCUT2D eigenvalue weighted by Crippen LogP contribution is -2.13. The minimum Gasteiger partial charge on any atom is -0.380 e. The second kappa shape index (κ2) is 2.58. The molecule has 0 aromatic carbocycles. The number of azo groups is 1. The highest BCUT2D eigenvalue weighted by Gasteiger charge is 2.34. The van der Waals surface area contributed by atoms with Crippen LogP contribution in [0.15, 0.2) is 16.4 Å². The topological polar surface area (TPSA) is 80.9 Å². The second-order valence-electron chi connectivity index (χ2n) is 4.52. The molecule has 0 fully saturated rings. The fourth-order valence-corrected chi connectivity index (χ4v) is 2.02. The molecule has 3 rings (SSSR count). The molecule has 82 valence electrons. The van der Waals surface area contributed by atoms with E-state index >= 15 is 0 Å². The Morgan fingerprint density at radius 3 is 2.88 bits per heavy atom. The molecule has 1 aliphatic rings. The summed E-state index contributed by atoms with van der Waals surface area (Å²) < 4.78 is 1.70. The van der Waals surface area contributed by atoms with Crippen LogP contribution in [-0.4, -0.2) is 14.6 Å². The molecule has 2 N–H and O–H groups in total. The van der Waals surface area contributed by atoms with E-state index in [9.17, 15) is 0 Å². The third-order valence-electron chi connectivity index (χ3n) is 2.74. The van der Waals surface area contributed by atoms with Gasteiger partial charge in [0.05, 0.1) is 17.5 Å². The van der Waals surface area contributed by atoms with Crippen LogP contribution in [0.25, 0.3) is 5.65 Å². The normalized spacial score (nSPS) is 16.9. The lowest BCUT2D eigenvalue weighted by molar-refractivity contribution is 0.556. The van der Waals surface area contributed by atoms with Crippen LogP contribution in [0.5, 0.6) is 0 Å². The van der Waals surface area contributed by atoms with Crippen molar-refractivity contribution >= 4 is 17.2 Å². The third-order valence-corrected chi connectivity index (χ3v) is 2.74. The summed E-state index contributed by atoms with van der Waals surface area (Å²) >= 11 is 0. The van der Waals surface area contributed by atoms with Crippen molar-refractivity contribution in [2.45, 2.75) is 26.3 Å². The molecule has 0 bridgehead atoms. The number of hydrogen-bond donors (Lipinski definition) is 1. The van der Waals surface area contributed by atoms with E-state index in [0.717, 1.165) is 16.9 Å². The Balaban J connectivity index is 2.49. The first-order chi connectivity index (χ1) is 7.49. The molecule has 0 spiro atoms. The zero-order chi connectivity index (χ0) is 11.5. The van der Waals surface area contributed by atoms with Crippen molar-refractivity contribution in [2.75, 3.05) is 5.73 Å². The summed E-state index contributed by atoms with van der Waals surface area (Å²) in [4.78, 5) is 4.45. The number of aromatic nitrogens is 3. The molecule has 0 atom stereocenters. The fourth-order valence-electron chi connectivity index (χ4n) is 2.02. The predicted molar refractivity (Wildman–Crippen MR) is 59.7 cm³/mol. The molecule has 16 heavy (non-hydrogen) atoms. The lowest BCUT2D eigenvalue weighted by atomic mass is 9.96. The van der Waals surface area contributed by atoms with Gasteiger partial charge in [-0.1, -0.05) is 0 Å². The first-order valence-corrected chi connectivity index (χ1v) is 5.08. The number of imidazole rings is 1. The summed E-state index contributed by atoms with van der Waals surface area (Å²) in [5.74, 6) is 0.397. The van der Waals surface area contributed by atoms with E-state index in [0.29, 0.717) is 11.5 Å². The van der Waals surface area contributed by atoms with Gasteiger partial charge < -0.3 is 5.73 Å². The van der Waals surface area contributed by atoms with Crippen molar-refractivity contribution in [3.8, 4) is 0 Å². The van der Waals surface area contributed by atoms with Crippen LogP contribution in [0.2, 0.25) is 0 Å². The van der Waals surface area contributed by atoms with Gasteiger partial charge in [-0.3, -0.25) is 0 Å². The maximum atomic E-state index is 5.85. The zero-order valence-electron chi connectivity index (χ0n) is 9.39. The van der Waals surface area contributed by atoms with Crippen LogP contribution in [0, 0.1) is 6.92 Å². The van der Waals surface area contributed by atoms with E-state index in [1.165, 1.54) is 0 Å². The van der Waals surface area contributed by atoms with Crippen LogP contribution in [0.3, 0.4) is 0 Å². The molecule has 2 aromatic heterocycles. The molecule has 6 heteroatoms. The van der Waals surface area contributed by atoms with Gasteiger partial charge in [0.25, 0.3) is 0 Å². The van der Waals surface area contributed by atoms with E-state index in [1.54, 1.807) is 4.52 Å². The second-order valence-corrected chi connectivity index (χ2v) is 4.52. The molecule has 0 unspecified atom stereocenters. The Morgan fingerprint density at radius 1 is 1.38 bits per heavy atom. The minimum absolute atomic E-state index is 0.383. The number of anilines is 1. The van der Waals surface area contributed by atoms with Crippen LogP contribution in [0.1, 0.15) is 25.1 Å². The average Bonchev–Trinajstić information content (AvgIpc) is 2.66.